The molecule has 1 saturated carbocycles. The summed E-state index contributed by atoms with van der Waals surface area (Å²) in [5.74, 6) is -1.41. The third kappa shape index (κ3) is 3.90. The second kappa shape index (κ2) is 7.16. The lowest BCUT2D eigenvalue weighted by atomic mass is 9.82. The average Bonchev–Trinajstić information content (AvgIpc) is 3.28. The quantitative estimate of drug-likeness (QED) is 0.506. The summed E-state index contributed by atoms with van der Waals surface area (Å²) < 4.78 is 11.9. The molecule has 0 spiro atoms. The Kier molecular flexibility index (Phi) is 4.92. The van der Waals surface area contributed by atoms with Crippen LogP contribution in [-0.4, -0.2) is 23.1 Å². The number of hydrogen-bond acceptors (Lipinski definition) is 4. The van der Waals surface area contributed by atoms with E-state index in [0.717, 1.165) is 6.42 Å². The van der Waals surface area contributed by atoms with E-state index < -0.39 is 23.0 Å². The molecule has 0 aromatic heterocycles. The summed E-state index contributed by atoms with van der Waals surface area (Å²) in [6.07, 6.45) is 18.3. The lowest BCUT2D eigenvalue weighted by Crippen LogP contribution is -2.42. The zero-order chi connectivity index (χ0) is 20.8. The van der Waals surface area contributed by atoms with Crippen molar-refractivity contribution in [3.05, 3.63) is 59.8 Å². The first-order valence-corrected chi connectivity index (χ1v) is 10.5. The molecule has 4 aliphatic rings. The molecule has 0 amide bonds. The van der Waals surface area contributed by atoms with Crippen LogP contribution in [0.1, 0.15) is 47.0 Å². The van der Waals surface area contributed by atoms with Crippen LogP contribution in [-0.2, 0) is 19.1 Å². The summed E-state index contributed by atoms with van der Waals surface area (Å²) >= 11 is 0. The molecule has 1 fully saturated rings. The first kappa shape index (κ1) is 19.9. The van der Waals surface area contributed by atoms with Crippen LogP contribution in [0.5, 0.6) is 0 Å². The predicted octanol–water partition coefficient (Wildman–Crippen LogP) is 4.84. The first-order valence-electron chi connectivity index (χ1n) is 10.5. The fourth-order valence-corrected chi connectivity index (χ4v) is 4.83. The molecule has 6 atom stereocenters. The van der Waals surface area contributed by atoms with E-state index in [1.807, 2.05) is 52.0 Å². The Morgan fingerprint density at radius 1 is 0.828 bits per heavy atom. The van der Waals surface area contributed by atoms with Crippen molar-refractivity contribution in [2.75, 3.05) is 0 Å². The molecule has 6 unspecified atom stereocenters. The minimum absolute atomic E-state index is 0.0512. The van der Waals surface area contributed by atoms with Crippen LogP contribution in [0, 0.1) is 23.7 Å². The van der Waals surface area contributed by atoms with E-state index in [1.54, 1.807) is 0 Å². The maximum absolute atomic E-state index is 13.2. The highest BCUT2D eigenvalue weighted by molar-refractivity contribution is 5.85. The first-order chi connectivity index (χ1) is 13.7. The highest BCUT2D eigenvalue weighted by Crippen LogP contribution is 2.50. The molecule has 154 valence electrons. The highest BCUT2D eigenvalue weighted by atomic mass is 16.6. The van der Waals surface area contributed by atoms with Gasteiger partial charge in [-0.1, -0.05) is 47.6 Å². The van der Waals surface area contributed by atoms with Gasteiger partial charge in [-0.15, -0.1) is 0 Å². The Hall–Kier alpha value is -2.36. The van der Waals surface area contributed by atoms with Crippen LogP contribution in [0.15, 0.2) is 59.8 Å². The molecular formula is C25H30O4. The molecule has 0 aromatic rings. The third-order valence-electron chi connectivity index (χ3n) is 6.73. The van der Waals surface area contributed by atoms with Crippen molar-refractivity contribution in [3.63, 3.8) is 0 Å². The van der Waals surface area contributed by atoms with Crippen LogP contribution in [0.3, 0.4) is 0 Å². The summed E-state index contributed by atoms with van der Waals surface area (Å²) in [5, 5.41) is 0. The molecule has 4 aliphatic carbocycles. The number of fused-ring (bicyclic) bond motifs is 2. The fourth-order valence-electron chi connectivity index (χ4n) is 4.83. The van der Waals surface area contributed by atoms with Crippen molar-refractivity contribution >= 4 is 11.9 Å². The molecule has 4 nitrogen and oxygen atoms in total. The Balaban J connectivity index is 1.49. The zero-order valence-corrected chi connectivity index (χ0v) is 17.7. The van der Waals surface area contributed by atoms with E-state index in [9.17, 15) is 9.59 Å². The molecule has 0 N–H and O–H groups in total. The second-order valence-electron chi connectivity index (χ2n) is 9.44. The molecule has 4 rings (SSSR count). The number of carbonyl (C=O) groups excluding carboxylic acids is 2. The average molecular weight is 395 g/mol. The molecule has 4 heteroatoms. The minimum Gasteiger partial charge on any atom is -0.455 e. The number of esters is 2. The molecule has 0 radical (unpaired) electrons. The molecule has 0 heterocycles. The molecule has 2 bridgehead atoms. The summed E-state index contributed by atoms with van der Waals surface area (Å²) in [6, 6.07) is 0. The number of hydrogen-bond donors (Lipinski definition) is 0. The Bertz CT molecular complexity index is 803. The van der Waals surface area contributed by atoms with Crippen molar-refractivity contribution in [2.45, 2.75) is 58.2 Å². The zero-order valence-electron chi connectivity index (χ0n) is 17.7. The minimum atomic E-state index is -0.656. The van der Waals surface area contributed by atoms with Gasteiger partial charge in [0, 0.05) is 12.8 Å². The van der Waals surface area contributed by atoms with Crippen LogP contribution >= 0.6 is 0 Å². The normalized spacial score (nSPS) is 39.9. The van der Waals surface area contributed by atoms with Crippen LogP contribution in [0.25, 0.3) is 0 Å². The summed E-state index contributed by atoms with van der Waals surface area (Å²) in [6.45, 7) is 7.90. The third-order valence-corrected chi connectivity index (χ3v) is 6.73. The van der Waals surface area contributed by atoms with E-state index >= 15 is 0 Å². The molecule has 29 heavy (non-hydrogen) atoms. The summed E-state index contributed by atoms with van der Waals surface area (Å²) in [4.78, 5) is 26.4. The summed E-state index contributed by atoms with van der Waals surface area (Å²) in [5.41, 5.74) is 1.02. The summed E-state index contributed by atoms with van der Waals surface area (Å²) in [7, 11) is 0. The van der Waals surface area contributed by atoms with Gasteiger partial charge < -0.3 is 9.47 Å². The Morgan fingerprint density at radius 3 is 1.59 bits per heavy atom. The van der Waals surface area contributed by atoms with Crippen molar-refractivity contribution in [1.29, 1.82) is 0 Å². The van der Waals surface area contributed by atoms with E-state index in [2.05, 4.69) is 24.3 Å². The highest BCUT2D eigenvalue weighted by Gasteiger charge is 2.54. The number of ether oxygens (including phenoxy) is 2. The number of allylic oxidation sites excluding steroid dienone is 6. The Morgan fingerprint density at radius 2 is 1.24 bits per heavy atom. The molecular weight excluding hydrogens is 364 g/mol. The van der Waals surface area contributed by atoms with Gasteiger partial charge in [0.05, 0.1) is 11.8 Å². The van der Waals surface area contributed by atoms with Gasteiger partial charge in [-0.25, -0.2) is 0 Å². The van der Waals surface area contributed by atoms with Crippen molar-refractivity contribution in [1.82, 2.24) is 0 Å². The lowest BCUT2D eigenvalue weighted by Gasteiger charge is -2.34. The monoisotopic (exact) mass is 394 g/mol. The van der Waals surface area contributed by atoms with Gasteiger partial charge in [-0.2, -0.15) is 0 Å². The van der Waals surface area contributed by atoms with Gasteiger partial charge in [-0.3, -0.25) is 9.59 Å². The van der Waals surface area contributed by atoms with E-state index in [0.29, 0.717) is 12.8 Å². The van der Waals surface area contributed by atoms with Crippen LogP contribution in [0.2, 0.25) is 0 Å². The molecule has 0 aromatic carbocycles. The fraction of sp³-hybridized carbons (Fsp3) is 0.520. The molecule has 0 saturated heterocycles. The van der Waals surface area contributed by atoms with Gasteiger partial charge in [0.15, 0.2) is 0 Å². The maximum atomic E-state index is 13.2. The standard InChI is InChI=1S/C25H30O4/c1-16-7-11-24(3,12-8-16)28-22(26)20-18-5-6-19(15-18)21(20)23(27)29-25(4)13-9-17(2)10-14-25/h5-11,13,18-21H,12,14-15H2,1-4H3. The van der Waals surface area contributed by atoms with Crippen LogP contribution < -0.4 is 0 Å². The van der Waals surface area contributed by atoms with E-state index in [1.165, 1.54) is 11.1 Å². The smallest absolute Gasteiger partial charge is 0.311 e. The van der Waals surface area contributed by atoms with Gasteiger partial charge in [0.1, 0.15) is 11.2 Å². The van der Waals surface area contributed by atoms with E-state index in [4.69, 9.17) is 9.47 Å². The van der Waals surface area contributed by atoms with Gasteiger partial charge in [0.25, 0.3) is 0 Å². The van der Waals surface area contributed by atoms with Crippen molar-refractivity contribution in [2.24, 2.45) is 23.7 Å². The van der Waals surface area contributed by atoms with Crippen LogP contribution in [0.4, 0.5) is 0 Å². The second-order valence-corrected chi connectivity index (χ2v) is 9.44. The van der Waals surface area contributed by atoms with Gasteiger partial charge >= 0.3 is 11.9 Å². The van der Waals surface area contributed by atoms with Crippen molar-refractivity contribution in [3.8, 4) is 0 Å². The Labute approximate surface area is 173 Å². The number of carbonyl (C=O) groups is 2. The maximum Gasteiger partial charge on any atom is 0.311 e. The van der Waals surface area contributed by atoms with E-state index in [-0.39, 0.29) is 23.8 Å². The van der Waals surface area contributed by atoms with Crippen molar-refractivity contribution < 1.29 is 19.1 Å². The topological polar surface area (TPSA) is 52.6 Å². The van der Waals surface area contributed by atoms with Gasteiger partial charge in [0.2, 0.25) is 0 Å². The molecule has 0 aliphatic heterocycles. The SMILES string of the molecule is CC1=CCC(C)(OC(=O)C2C3C=CC(C3)C2C(=O)OC2(C)C=CC(C)=CC2)C=C1. The number of rotatable bonds is 4. The largest absolute Gasteiger partial charge is 0.455 e. The lowest BCUT2D eigenvalue weighted by molar-refractivity contribution is -0.172. The van der Waals surface area contributed by atoms with Gasteiger partial charge in [-0.05, 0) is 58.1 Å². The predicted molar refractivity (Wildman–Crippen MR) is 112 cm³/mol.